The monoisotopic (exact) mass is 303 g/mol. The van der Waals surface area contributed by atoms with Crippen LogP contribution < -0.4 is 10.6 Å². The largest absolute Gasteiger partial charge is 0.387 e. The van der Waals surface area contributed by atoms with Crippen LogP contribution in [0.5, 0.6) is 0 Å². The molecule has 1 aliphatic carbocycles. The number of aryl methyl sites for hydroxylation is 1. The van der Waals surface area contributed by atoms with Crippen LogP contribution in [0.1, 0.15) is 43.4 Å². The minimum absolute atomic E-state index is 0.103. The van der Waals surface area contributed by atoms with Crippen LogP contribution in [-0.4, -0.2) is 34.7 Å². The van der Waals surface area contributed by atoms with E-state index in [1.54, 1.807) is 0 Å². The molecule has 120 valence electrons. The first-order valence-electron chi connectivity index (χ1n) is 8.10. The van der Waals surface area contributed by atoms with Gasteiger partial charge >= 0.3 is 0 Å². The highest BCUT2D eigenvalue weighted by Gasteiger charge is 2.50. The maximum Gasteiger partial charge on any atom is 0.228 e. The van der Waals surface area contributed by atoms with Crippen LogP contribution in [0.15, 0.2) is 12.4 Å². The predicted molar refractivity (Wildman–Crippen MR) is 84.3 cm³/mol. The van der Waals surface area contributed by atoms with Gasteiger partial charge in [0, 0.05) is 25.5 Å². The van der Waals surface area contributed by atoms with Crippen LogP contribution in [0, 0.1) is 5.41 Å². The number of carbonyl (C=O) groups is 1. The second kappa shape index (κ2) is 5.63. The van der Waals surface area contributed by atoms with E-state index >= 15 is 0 Å². The predicted octanol–water partition coefficient (Wildman–Crippen LogP) is 0.937. The highest BCUT2D eigenvalue weighted by Crippen LogP contribution is 2.36. The number of rotatable bonds is 4. The van der Waals surface area contributed by atoms with Gasteiger partial charge in [-0.2, -0.15) is 0 Å². The van der Waals surface area contributed by atoms with Crippen molar-refractivity contribution in [3.8, 4) is 0 Å². The number of hydrogen-bond donors (Lipinski definition) is 3. The number of aromatic nitrogens is 1. The lowest BCUT2D eigenvalue weighted by molar-refractivity contribution is -0.144. The fourth-order valence-electron chi connectivity index (χ4n) is 3.54. The molecule has 2 aliphatic rings. The fourth-order valence-corrected chi connectivity index (χ4v) is 3.54. The van der Waals surface area contributed by atoms with Gasteiger partial charge in [0.15, 0.2) is 0 Å². The quantitative estimate of drug-likeness (QED) is 0.774. The first-order valence-corrected chi connectivity index (χ1v) is 8.10. The Bertz CT molecular complexity index is 577. The van der Waals surface area contributed by atoms with E-state index in [1.807, 2.05) is 26.2 Å². The lowest BCUT2D eigenvalue weighted by Crippen LogP contribution is -2.54. The summed E-state index contributed by atoms with van der Waals surface area (Å²) in [4.78, 5) is 16.9. The molecule has 0 radical (unpaired) electrons. The van der Waals surface area contributed by atoms with Crippen LogP contribution >= 0.6 is 0 Å². The zero-order valence-electron chi connectivity index (χ0n) is 13.4. The van der Waals surface area contributed by atoms with Gasteiger partial charge in [0.05, 0.1) is 11.0 Å². The van der Waals surface area contributed by atoms with Crippen molar-refractivity contribution in [2.24, 2.45) is 5.41 Å². The van der Waals surface area contributed by atoms with Gasteiger partial charge in [0.2, 0.25) is 5.91 Å². The van der Waals surface area contributed by atoms with Crippen LogP contribution in [0.2, 0.25) is 0 Å². The first kappa shape index (κ1) is 15.4. The minimum Gasteiger partial charge on any atom is -0.387 e. The Hall–Kier alpha value is -1.46. The van der Waals surface area contributed by atoms with Crippen molar-refractivity contribution < 1.29 is 9.90 Å². The summed E-state index contributed by atoms with van der Waals surface area (Å²) in [6, 6.07) is 0. The molecule has 1 aromatic rings. The Morgan fingerprint density at radius 2 is 2.27 bits per heavy atom. The molecular weight excluding hydrogens is 278 g/mol. The first-order chi connectivity index (χ1) is 10.4. The van der Waals surface area contributed by atoms with E-state index in [4.69, 9.17) is 0 Å². The normalized spacial score (nSPS) is 24.3. The third kappa shape index (κ3) is 2.52. The zero-order valence-corrected chi connectivity index (χ0v) is 13.4. The third-order valence-corrected chi connectivity index (χ3v) is 5.41. The van der Waals surface area contributed by atoms with E-state index in [1.165, 1.54) is 17.5 Å². The number of carbonyl (C=O) groups excluding carboxylic acids is 1. The molecule has 1 aromatic heterocycles. The second-order valence-corrected chi connectivity index (χ2v) is 7.06. The van der Waals surface area contributed by atoms with Crippen LogP contribution in [0.25, 0.3) is 0 Å². The van der Waals surface area contributed by atoms with E-state index in [9.17, 15) is 9.90 Å². The minimum atomic E-state index is -0.978. The number of pyridine rings is 1. The van der Waals surface area contributed by atoms with E-state index in [-0.39, 0.29) is 5.91 Å². The summed E-state index contributed by atoms with van der Waals surface area (Å²) < 4.78 is 0. The summed E-state index contributed by atoms with van der Waals surface area (Å²) in [5.41, 5.74) is 1.96. The summed E-state index contributed by atoms with van der Waals surface area (Å²) in [5.74, 6) is -0.103. The molecule has 0 bridgehead atoms. The number of nitrogens with zero attached hydrogens (tertiary/aromatic N) is 1. The van der Waals surface area contributed by atoms with Crippen molar-refractivity contribution in [2.75, 3.05) is 13.1 Å². The molecule has 0 spiro atoms. The Balaban J connectivity index is 1.69. The molecular formula is C17H25N3O2. The summed E-state index contributed by atoms with van der Waals surface area (Å²) >= 11 is 0. The number of fused-ring (bicyclic) bond motifs is 1. The van der Waals surface area contributed by atoms with Crippen molar-refractivity contribution >= 4 is 5.91 Å². The van der Waals surface area contributed by atoms with Crippen LogP contribution in [0.3, 0.4) is 0 Å². The molecule has 1 fully saturated rings. The van der Waals surface area contributed by atoms with Gasteiger partial charge < -0.3 is 15.7 Å². The Morgan fingerprint density at radius 3 is 3.00 bits per heavy atom. The summed E-state index contributed by atoms with van der Waals surface area (Å²) in [5, 5.41) is 16.9. The van der Waals surface area contributed by atoms with E-state index < -0.39 is 11.0 Å². The van der Waals surface area contributed by atoms with Gasteiger partial charge in [0.25, 0.3) is 0 Å². The van der Waals surface area contributed by atoms with Crippen molar-refractivity contribution in [1.29, 1.82) is 0 Å². The maximum atomic E-state index is 12.6. The molecule has 3 rings (SSSR count). The SMILES string of the molecule is CC(C)(C(=O)NCc1cncc2c1CCC2)C1(O)CCNC1. The lowest BCUT2D eigenvalue weighted by Gasteiger charge is -2.38. The molecule has 1 aliphatic heterocycles. The van der Waals surface area contributed by atoms with Gasteiger partial charge in [-0.1, -0.05) is 0 Å². The Labute approximate surface area is 131 Å². The maximum absolute atomic E-state index is 12.6. The number of hydrogen-bond acceptors (Lipinski definition) is 4. The van der Waals surface area contributed by atoms with E-state index in [2.05, 4.69) is 15.6 Å². The van der Waals surface area contributed by atoms with Crippen LogP contribution in [-0.2, 0) is 24.2 Å². The van der Waals surface area contributed by atoms with Gasteiger partial charge in [0.1, 0.15) is 0 Å². The van der Waals surface area contributed by atoms with Crippen molar-refractivity contribution in [2.45, 2.75) is 51.7 Å². The number of amides is 1. The Kier molecular flexibility index (Phi) is 3.95. The second-order valence-electron chi connectivity index (χ2n) is 7.06. The molecule has 1 saturated heterocycles. The highest BCUT2D eigenvalue weighted by atomic mass is 16.3. The molecule has 0 saturated carbocycles. The summed E-state index contributed by atoms with van der Waals surface area (Å²) in [6.45, 7) is 5.35. The Morgan fingerprint density at radius 1 is 1.45 bits per heavy atom. The smallest absolute Gasteiger partial charge is 0.228 e. The highest BCUT2D eigenvalue weighted by molar-refractivity contribution is 5.83. The molecule has 5 heteroatoms. The topological polar surface area (TPSA) is 74.2 Å². The van der Waals surface area contributed by atoms with Gasteiger partial charge in [-0.15, -0.1) is 0 Å². The van der Waals surface area contributed by atoms with Crippen LogP contribution in [0.4, 0.5) is 0 Å². The number of nitrogens with one attached hydrogen (secondary N) is 2. The van der Waals surface area contributed by atoms with Crippen molar-refractivity contribution in [3.63, 3.8) is 0 Å². The summed E-state index contributed by atoms with van der Waals surface area (Å²) in [6.07, 6.45) is 7.71. The van der Waals surface area contributed by atoms with E-state index in [0.29, 0.717) is 19.5 Å². The molecule has 1 unspecified atom stereocenters. The third-order valence-electron chi connectivity index (χ3n) is 5.41. The molecule has 22 heavy (non-hydrogen) atoms. The number of aliphatic hydroxyl groups is 1. The summed E-state index contributed by atoms with van der Waals surface area (Å²) in [7, 11) is 0. The van der Waals surface area contributed by atoms with Gasteiger partial charge in [-0.05, 0) is 62.8 Å². The zero-order chi connectivity index (χ0) is 15.8. The lowest BCUT2D eigenvalue weighted by atomic mass is 9.73. The molecule has 3 N–H and O–H groups in total. The molecule has 1 amide bonds. The van der Waals surface area contributed by atoms with E-state index in [0.717, 1.165) is 24.9 Å². The molecule has 1 atom stereocenters. The average Bonchev–Trinajstić information content (AvgIpc) is 3.14. The van der Waals surface area contributed by atoms with Gasteiger partial charge in [-0.3, -0.25) is 9.78 Å². The molecule has 5 nitrogen and oxygen atoms in total. The number of β-amino-alcohol motifs (C(OH)–C–C–N with tert-alkyl or cyclic N) is 1. The van der Waals surface area contributed by atoms with Crippen molar-refractivity contribution in [3.05, 3.63) is 29.1 Å². The fraction of sp³-hybridized carbons (Fsp3) is 0.647. The molecule has 2 heterocycles. The average molecular weight is 303 g/mol. The molecule has 0 aromatic carbocycles. The van der Waals surface area contributed by atoms with Gasteiger partial charge in [-0.25, -0.2) is 0 Å². The standard InChI is InChI=1S/C17H25N3O2/c1-16(2,17(22)6-7-18-11-17)15(21)20-10-13-9-19-8-12-4-3-5-14(12)13/h8-9,18,22H,3-7,10-11H2,1-2H3,(H,20,21). The van der Waals surface area contributed by atoms with Crippen molar-refractivity contribution in [1.82, 2.24) is 15.6 Å².